The van der Waals surface area contributed by atoms with E-state index in [9.17, 15) is 4.57 Å². The normalized spacial score (nSPS) is 8.43. The van der Waals surface area contributed by atoms with Gasteiger partial charge in [0.2, 0.25) is 0 Å². The van der Waals surface area contributed by atoms with E-state index in [0.29, 0.717) is 6.54 Å². The van der Waals surface area contributed by atoms with Crippen LogP contribution in [0.3, 0.4) is 0 Å². The third-order valence-corrected chi connectivity index (χ3v) is 0.722. The molecule has 7 heavy (non-hydrogen) atoms. The Bertz CT molecular complexity index is 124. The van der Waals surface area contributed by atoms with Crippen LogP contribution >= 0.6 is 7.92 Å². The van der Waals surface area contributed by atoms with Crippen molar-refractivity contribution >= 4 is 7.92 Å². The van der Waals surface area contributed by atoms with Gasteiger partial charge in [-0.15, -0.1) is 0 Å². The maximum atomic E-state index is 9.67. The van der Waals surface area contributed by atoms with Crippen molar-refractivity contribution in [1.82, 2.24) is 4.90 Å². The van der Waals surface area contributed by atoms with Gasteiger partial charge in [0.1, 0.15) is 0 Å². The first-order chi connectivity index (χ1) is 3.27. The van der Waals surface area contributed by atoms with E-state index >= 15 is 0 Å². The third-order valence-electron chi connectivity index (χ3n) is 0.451. The van der Waals surface area contributed by atoms with Gasteiger partial charge in [-0.3, -0.25) is 0 Å². The minimum atomic E-state index is -0.00140. The standard InChI is InChI=1S/C4H8NOP/c1-5(2)3-4-7-6/h3H2,1-2H3. The van der Waals surface area contributed by atoms with Gasteiger partial charge in [0.15, 0.2) is 0 Å². The van der Waals surface area contributed by atoms with Crippen LogP contribution in [0.5, 0.6) is 0 Å². The van der Waals surface area contributed by atoms with Crippen LogP contribution in [0.25, 0.3) is 0 Å². The average molecular weight is 117 g/mol. The minimum absolute atomic E-state index is 0.00140. The van der Waals surface area contributed by atoms with Crippen molar-refractivity contribution < 1.29 is 4.57 Å². The average Bonchev–Trinajstić information content (AvgIpc) is 1.61. The molecule has 0 unspecified atom stereocenters. The Kier molecular flexibility index (Phi) is 4.12. The summed E-state index contributed by atoms with van der Waals surface area (Å²) in [4.78, 5) is 1.89. The van der Waals surface area contributed by atoms with Crippen LogP contribution in [0.2, 0.25) is 0 Å². The second kappa shape index (κ2) is 4.14. The van der Waals surface area contributed by atoms with Gasteiger partial charge < -0.3 is 0 Å². The molecule has 0 rings (SSSR count). The molecule has 0 bridgehead atoms. The molecule has 0 aromatic rings. The van der Waals surface area contributed by atoms with Crippen LogP contribution in [-0.2, 0) is 4.57 Å². The fourth-order valence-electron chi connectivity index (χ4n) is 0.170. The van der Waals surface area contributed by atoms with E-state index in [4.69, 9.17) is 0 Å². The van der Waals surface area contributed by atoms with Crippen LogP contribution in [0.1, 0.15) is 0 Å². The first-order valence-corrected chi connectivity index (χ1v) is 2.78. The van der Waals surface area contributed by atoms with Crippen molar-refractivity contribution in [1.29, 1.82) is 0 Å². The van der Waals surface area contributed by atoms with Crippen molar-refractivity contribution in [2.45, 2.75) is 0 Å². The van der Waals surface area contributed by atoms with Gasteiger partial charge in [-0.1, -0.05) is 0 Å². The summed E-state index contributed by atoms with van der Waals surface area (Å²) in [5.41, 5.74) is 2.59. The van der Waals surface area contributed by atoms with Gasteiger partial charge in [0, 0.05) is 0 Å². The van der Waals surface area contributed by atoms with Crippen LogP contribution in [-0.4, -0.2) is 25.5 Å². The van der Waals surface area contributed by atoms with Crippen molar-refractivity contribution in [2.24, 2.45) is 0 Å². The fraction of sp³-hybridized carbons (Fsp3) is 0.750. The van der Waals surface area contributed by atoms with Gasteiger partial charge in [0.25, 0.3) is 0 Å². The van der Waals surface area contributed by atoms with Crippen LogP contribution in [0.15, 0.2) is 0 Å². The second-order valence-corrected chi connectivity index (χ2v) is 1.99. The van der Waals surface area contributed by atoms with Crippen molar-refractivity contribution in [2.75, 3.05) is 20.6 Å². The molecule has 0 aliphatic heterocycles. The van der Waals surface area contributed by atoms with Gasteiger partial charge in [0.05, 0.1) is 0 Å². The summed E-state index contributed by atoms with van der Waals surface area (Å²) in [7, 11) is 3.80. The Morgan fingerprint density at radius 2 is 2.29 bits per heavy atom. The van der Waals surface area contributed by atoms with E-state index in [1.165, 1.54) is 0 Å². The first kappa shape index (κ1) is 6.97. The predicted molar refractivity (Wildman–Crippen MR) is 30.0 cm³/mol. The summed E-state index contributed by atoms with van der Waals surface area (Å²) in [5, 5.41) is 0. The molecule has 0 saturated heterocycles. The van der Waals surface area contributed by atoms with Gasteiger partial charge >= 0.3 is 43.6 Å². The van der Waals surface area contributed by atoms with Crippen LogP contribution in [0, 0.1) is 5.63 Å². The van der Waals surface area contributed by atoms with Gasteiger partial charge in [-0.05, 0) is 0 Å². The molecule has 0 spiro atoms. The Balaban J connectivity index is 3.26. The summed E-state index contributed by atoms with van der Waals surface area (Å²) in [6, 6.07) is 0. The molecule has 3 heteroatoms. The van der Waals surface area contributed by atoms with E-state index in [2.05, 4.69) is 5.63 Å². The fourth-order valence-corrected chi connectivity index (χ4v) is 0.511. The topological polar surface area (TPSA) is 20.3 Å². The molecule has 0 heterocycles. The molecule has 0 amide bonds. The van der Waals surface area contributed by atoms with E-state index in [1.54, 1.807) is 0 Å². The molecule has 0 N–H and O–H groups in total. The monoisotopic (exact) mass is 117 g/mol. The van der Waals surface area contributed by atoms with E-state index < -0.39 is 0 Å². The summed E-state index contributed by atoms with van der Waals surface area (Å²) < 4.78 is 9.67. The molecule has 0 aromatic heterocycles. The maximum absolute atomic E-state index is 9.67. The molecular weight excluding hydrogens is 109 g/mol. The van der Waals surface area contributed by atoms with Crippen molar-refractivity contribution in [3.05, 3.63) is 0 Å². The predicted octanol–water partition coefficient (Wildman–Crippen LogP) is 0.799. The second-order valence-electron chi connectivity index (χ2n) is 1.49. The molecule has 2 nitrogen and oxygen atoms in total. The molecule has 40 valence electrons. The summed E-state index contributed by atoms with van der Waals surface area (Å²) >= 11 is 0. The number of nitrogens with zero attached hydrogens (tertiary/aromatic N) is 1. The molecule has 0 aromatic carbocycles. The number of hydrogen-bond donors (Lipinski definition) is 0. The van der Waals surface area contributed by atoms with Crippen molar-refractivity contribution in [3.63, 3.8) is 0 Å². The number of hydrogen-bond acceptors (Lipinski definition) is 2. The van der Waals surface area contributed by atoms with Gasteiger partial charge in [-0.2, -0.15) is 0 Å². The zero-order chi connectivity index (χ0) is 5.70. The third kappa shape index (κ3) is 5.97. The molecular formula is C4H8NOP. The summed E-state index contributed by atoms with van der Waals surface area (Å²) in [6.07, 6.45) is 0. The van der Waals surface area contributed by atoms with Crippen molar-refractivity contribution in [3.8, 4) is 5.63 Å². The summed E-state index contributed by atoms with van der Waals surface area (Å²) in [5.74, 6) is 0. The molecule has 0 fully saturated rings. The Labute approximate surface area is 44.6 Å². The Morgan fingerprint density at radius 1 is 1.71 bits per heavy atom. The molecule has 0 aliphatic carbocycles. The summed E-state index contributed by atoms with van der Waals surface area (Å²) in [6.45, 7) is 0.658. The molecule has 0 aliphatic rings. The molecule has 0 radical (unpaired) electrons. The zero-order valence-electron chi connectivity index (χ0n) is 4.51. The van der Waals surface area contributed by atoms with E-state index in [0.717, 1.165) is 0 Å². The van der Waals surface area contributed by atoms with Crippen LogP contribution < -0.4 is 0 Å². The Morgan fingerprint density at radius 3 is 2.43 bits per heavy atom. The molecule has 0 atom stereocenters. The molecule has 0 saturated carbocycles. The van der Waals surface area contributed by atoms with Crippen LogP contribution in [0.4, 0.5) is 0 Å². The zero-order valence-corrected chi connectivity index (χ0v) is 5.40. The Hall–Kier alpha value is -0.0300. The first-order valence-electron chi connectivity index (χ1n) is 1.97. The van der Waals surface area contributed by atoms with E-state index in [1.807, 2.05) is 19.0 Å². The van der Waals surface area contributed by atoms with Gasteiger partial charge in [-0.25, -0.2) is 0 Å². The number of rotatable bonds is 1. The SMILES string of the molecule is CN(C)CC#P=O. The quantitative estimate of drug-likeness (QED) is 0.473. The van der Waals surface area contributed by atoms with E-state index in [-0.39, 0.29) is 7.92 Å².